The lowest BCUT2D eigenvalue weighted by Gasteiger charge is -2.18. The molecule has 0 aliphatic carbocycles. The van der Waals surface area contributed by atoms with Crippen LogP contribution in [0.2, 0.25) is 0 Å². The van der Waals surface area contributed by atoms with Gasteiger partial charge in [0.15, 0.2) is 0 Å². The van der Waals surface area contributed by atoms with Gasteiger partial charge in [-0.1, -0.05) is 6.92 Å². The van der Waals surface area contributed by atoms with Crippen LogP contribution in [-0.2, 0) is 4.79 Å². The molecule has 1 heterocycles. The summed E-state index contributed by atoms with van der Waals surface area (Å²) in [4.78, 5) is 24.6. The molecule has 1 amide bonds. The van der Waals surface area contributed by atoms with E-state index in [0.29, 0.717) is 11.4 Å². The molecule has 0 bridgehead atoms. The molecule has 0 saturated carbocycles. The minimum absolute atomic E-state index is 0.245. The van der Waals surface area contributed by atoms with Crippen molar-refractivity contribution < 1.29 is 14.7 Å². The third-order valence-electron chi connectivity index (χ3n) is 1.96. The zero-order valence-electron chi connectivity index (χ0n) is 9.07. The number of carboxylic acids is 1. The number of hydrogen-bond acceptors (Lipinski definition) is 3. The standard InChI is InChI=1S/C10H11Br2NO3S/c1-2-3-13(5-8(14)15)10(16)7-4-6(11)9(12)17-7/h4H,2-3,5H2,1H3,(H,14,15). The summed E-state index contributed by atoms with van der Waals surface area (Å²) in [6.07, 6.45) is 0.729. The predicted octanol–water partition coefficient (Wildman–Crippen LogP) is 3.21. The van der Waals surface area contributed by atoms with E-state index in [4.69, 9.17) is 5.11 Å². The first kappa shape index (κ1) is 14.7. The second-order valence-electron chi connectivity index (χ2n) is 3.35. The Bertz CT molecular complexity index is 414. The number of carbonyl (C=O) groups is 2. The average Bonchev–Trinajstić information content (AvgIpc) is 2.57. The Morgan fingerprint density at radius 3 is 2.53 bits per heavy atom. The lowest BCUT2D eigenvalue weighted by atomic mass is 10.3. The topological polar surface area (TPSA) is 57.6 Å². The molecule has 4 nitrogen and oxygen atoms in total. The largest absolute Gasteiger partial charge is 0.480 e. The van der Waals surface area contributed by atoms with Gasteiger partial charge in [0, 0.05) is 11.0 Å². The second-order valence-corrected chi connectivity index (χ2v) is 6.58. The van der Waals surface area contributed by atoms with Crippen LogP contribution in [0, 0.1) is 0 Å². The van der Waals surface area contributed by atoms with Gasteiger partial charge in [0.1, 0.15) is 6.54 Å². The van der Waals surface area contributed by atoms with E-state index in [1.165, 1.54) is 16.2 Å². The number of halogens is 2. The Balaban J connectivity index is 2.87. The predicted molar refractivity (Wildman–Crippen MR) is 73.5 cm³/mol. The fraction of sp³-hybridized carbons (Fsp3) is 0.400. The van der Waals surface area contributed by atoms with Crippen LogP contribution in [0.1, 0.15) is 23.0 Å². The maximum atomic E-state index is 12.1. The number of carboxylic acid groups (broad SMARTS) is 1. The highest BCUT2D eigenvalue weighted by Crippen LogP contribution is 2.32. The van der Waals surface area contributed by atoms with Gasteiger partial charge in [0.25, 0.3) is 5.91 Å². The molecule has 1 rings (SSSR count). The van der Waals surface area contributed by atoms with Crippen LogP contribution in [0.3, 0.4) is 0 Å². The van der Waals surface area contributed by atoms with Gasteiger partial charge in [-0.3, -0.25) is 9.59 Å². The molecule has 0 saturated heterocycles. The Morgan fingerprint density at radius 2 is 2.12 bits per heavy atom. The smallest absolute Gasteiger partial charge is 0.323 e. The van der Waals surface area contributed by atoms with E-state index < -0.39 is 5.97 Å². The lowest BCUT2D eigenvalue weighted by molar-refractivity contribution is -0.137. The molecule has 0 atom stereocenters. The number of rotatable bonds is 5. The SMILES string of the molecule is CCCN(CC(=O)O)C(=O)c1cc(Br)c(Br)s1. The molecule has 0 aromatic carbocycles. The molecule has 1 N–H and O–H groups in total. The van der Waals surface area contributed by atoms with Crippen molar-refractivity contribution in [3.05, 3.63) is 19.2 Å². The molecule has 17 heavy (non-hydrogen) atoms. The summed E-state index contributed by atoms with van der Waals surface area (Å²) in [7, 11) is 0. The average molecular weight is 385 g/mol. The summed E-state index contributed by atoms with van der Waals surface area (Å²) < 4.78 is 1.63. The molecule has 94 valence electrons. The number of thiophene rings is 1. The number of nitrogens with zero attached hydrogens (tertiary/aromatic N) is 1. The Kier molecular flexibility index (Phi) is 5.61. The first-order valence-corrected chi connectivity index (χ1v) is 7.31. The maximum Gasteiger partial charge on any atom is 0.323 e. The van der Waals surface area contributed by atoms with Crippen molar-refractivity contribution in [2.45, 2.75) is 13.3 Å². The van der Waals surface area contributed by atoms with Crippen molar-refractivity contribution >= 4 is 55.1 Å². The highest BCUT2D eigenvalue weighted by molar-refractivity contribution is 9.13. The molecule has 1 aromatic rings. The number of hydrogen-bond donors (Lipinski definition) is 1. The highest BCUT2D eigenvalue weighted by Gasteiger charge is 2.20. The van der Waals surface area contributed by atoms with Gasteiger partial charge in [-0.05, 0) is 44.3 Å². The van der Waals surface area contributed by atoms with Crippen LogP contribution in [-0.4, -0.2) is 35.0 Å². The van der Waals surface area contributed by atoms with E-state index in [1.54, 1.807) is 6.07 Å². The second kappa shape index (κ2) is 6.51. The van der Waals surface area contributed by atoms with Crippen molar-refractivity contribution in [2.75, 3.05) is 13.1 Å². The van der Waals surface area contributed by atoms with Crippen LogP contribution in [0.15, 0.2) is 14.3 Å². The van der Waals surface area contributed by atoms with Gasteiger partial charge in [-0.2, -0.15) is 0 Å². The molecule has 0 aliphatic rings. The first-order valence-electron chi connectivity index (χ1n) is 4.91. The lowest BCUT2D eigenvalue weighted by Crippen LogP contribution is -2.35. The number of amides is 1. The van der Waals surface area contributed by atoms with E-state index in [1.807, 2.05) is 6.92 Å². The van der Waals surface area contributed by atoms with Crippen LogP contribution in [0.4, 0.5) is 0 Å². The van der Waals surface area contributed by atoms with E-state index in [9.17, 15) is 9.59 Å². The maximum absolute atomic E-state index is 12.1. The summed E-state index contributed by atoms with van der Waals surface area (Å²) in [6.45, 7) is 2.08. The zero-order valence-corrected chi connectivity index (χ0v) is 13.1. The van der Waals surface area contributed by atoms with E-state index in [0.717, 1.165) is 14.7 Å². The Morgan fingerprint density at radius 1 is 1.47 bits per heavy atom. The Labute approximate surface area is 120 Å². The van der Waals surface area contributed by atoms with Crippen LogP contribution >= 0.6 is 43.2 Å². The molecule has 0 fully saturated rings. The van der Waals surface area contributed by atoms with Gasteiger partial charge in [0.05, 0.1) is 8.66 Å². The molecule has 7 heteroatoms. The van der Waals surface area contributed by atoms with Crippen molar-refractivity contribution in [1.82, 2.24) is 4.90 Å². The zero-order chi connectivity index (χ0) is 13.0. The van der Waals surface area contributed by atoms with Crippen molar-refractivity contribution in [3.63, 3.8) is 0 Å². The van der Waals surface area contributed by atoms with Crippen molar-refractivity contribution in [1.29, 1.82) is 0 Å². The van der Waals surface area contributed by atoms with Crippen LogP contribution in [0.25, 0.3) is 0 Å². The normalized spacial score (nSPS) is 10.3. The summed E-state index contributed by atoms with van der Waals surface area (Å²) in [5, 5.41) is 8.76. The van der Waals surface area contributed by atoms with Gasteiger partial charge in [0.2, 0.25) is 0 Å². The summed E-state index contributed by atoms with van der Waals surface area (Å²) >= 11 is 7.90. The minimum atomic E-state index is -0.999. The first-order chi connectivity index (χ1) is 7.95. The quantitative estimate of drug-likeness (QED) is 0.847. The van der Waals surface area contributed by atoms with E-state index >= 15 is 0 Å². The molecule has 0 spiro atoms. The van der Waals surface area contributed by atoms with Gasteiger partial charge < -0.3 is 10.0 Å². The molecule has 1 aromatic heterocycles. The van der Waals surface area contributed by atoms with Gasteiger partial charge >= 0.3 is 5.97 Å². The Hall–Kier alpha value is -0.400. The molecule has 0 radical (unpaired) electrons. The summed E-state index contributed by atoms with van der Waals surface area (Å²) in [5.74, 6) is -1.24. The molecule has 0 unspecified atom stereocenters. The van der Waals surface area contributed by atoms with Crippen LogP contribution in [0.5, 0.6) is 0 Å². The molecular formula is C10H11Br2NO3S. The fourth-order valence-corrected chi connectivity index (χ4v) is 3.30. The summed E-state index contributed by atoms with van der Waals surface area (Å²) in [6, 6.07) is 1.70. The van der Waals surface area contributed by atoms with Crippen molar-refractivity contribution in [2.24, 2.45) is 0 Å². The minimum Gasteiger partial charge on any atom is -0.480 e. The third kappa shape index (κ3) is 4.08. The number of aliphatic carboxylic acids is 1. The van der Waals surface area contributed by atoms with Gasteiger partial charge in [-0.25, -0.2) is 0 Å². The molecular weight excluding hydrogens is 374 g/mol. The monoisotopic (exact) mass is 383 g/mol. The summed E-state index contributed by atoms with van der Waals surface area (Å²) in [5.41, 5.74) is 0. The van der Waals surface area contributed by atoms with E-state index in [-0.39, 0.29) is 12.5 Å². The fourth-order valence-electron chi connectivity index (χ4n) is 1.29. The van der Waals surface area contributed by atoms with Crippen molar-refractivity contribution in [3.8, 4) is 0 Å². The van der Waals surface area contributed by atoms with Crippen LogP contribution < -0.4 is 0 Å². The van der Waals surface area contributed by atoms with Gasteiger partial charge in [-0.15, -0.1) is 11.3 Å². The number of carbonyl (C=O) groups excluding carboxylic acids is 1. The third-order valence-corrected chi connectivity index (χ3v) is 5.21. The highest BCUT2D eigenvalue weighted by atomic mass is 79.9. The molecule has 0 aliphatic heterocycles. The van der Waals surface area contributed by atoms with E-state index in [2.05, 4.69) is 31.9 Å².